The fourth-order valence-electron chi connectivity index (χ4n) is 2.56. The van der Waals surface area contributed by atoms with E-state index in [2.05, 4.69) is 0 Å². The van der Waals surface area contributed by atoms with Gasteiger partial charge in [0.25, 0.3) is 0 Å². The summed E-state index contributed by atoms with van der Waals surface area (Å²) in [6, 6.07) is 3.75. The molecule has 0 spiro atoms. The zero-order valence-electron chi connectivity index (χ0n) is 14.9. The quantitative estimate of drug-likeness (QED) is 0.519. The number of nitrogens with zero attached hydrogens (tertiary/aromatic N) is 3. The van der Waals surface area contributed by atoms with Crippen LogP contribution >= 0.6 is 0 Å². The first-order valence-corrected chi connectivity index (χ1v) is 7.71. The first-order chi connectivity index (χ1) is 12.6. The second kappa shape index (κ2) is 7.82. The van der Waals surface area contributed by atoms with E-state index in [0.29, 0.717) is 22.0 Å². The van der Waals surface area contributed by atoms with Crippen LogP contribution in [0.25, 0.3) is 0 Å². The van der Waals surface area contributed by atoms with Gasteiger partial charge in [-0.25, -0.2) is 14.6 Å². The molecule has 0 bridgehead atoms. The molecule has 1 aromatic rings. The Balaban J connectivity index is 2.09. The number of carbonyl (C=O) groups excluding carboxylic acids is 3. The number of urea groups is 1. The molecule has 1 aliphatic heterocycles. The fourth-order valence-corrected chi connectivity index (χ4v) is 2.56. The summed E-state index contributed by atoms with van der Waals surface area (Å²) >= 11 is 0. The molecule has 148 valence electrons. The van der Waals surface area contributed by atoms with Crippen molar-refractivity contribution in [2.45, 2.75) is 12.7 Å². The summed E-state index contributed by atoms with van der Waals surface area (Å²) in [6.45, 7) is -1.95. The third kappa shape index (κ3) is 4.67. The Bertz CT molecular complexity index is 753. The highest BCUT2D eigenvalue weighted by molar-refractivity contribution is 6.44. The molecule has 8 nitrogen and oxygen atoms in total. The Morgan fingerprint density at radius 3 is 2.22 bits per heavy atom. The number of hydrogen-bond acceptors (Lipinski definition) is 6. The third-order valence-corrected chi connectivity index (χ3v) is 3.79. The minimum absolute atomic E-state index is 0.107. The highest BCUT2D eigenvalue weighted by atomic mass is 19.4. The van der Waals surface area contributed by atoms with Crippen LogP contribution in [0, 0.1) is 0 Å². The number of hydrogen-bond donors (Lipinski definition) is 0. The van der Waals surface area contributed by atoms with Crippen LogP contribution in [0.3, 0.4) is 0 Å². The SMILES string of the molecule is COc1ccc(CN(C)CN2C(=O)C(=O)N(CC(F)(F)F)C2=O)c(OC)c1. The topological polar surface area (TPSA) is 79.4 Å². The van der Waals surface area contributed by atoms with Crippen molar-refractivity contribution in [3.8, 4) is 11.5 Å². The molecule has 4 amide bonds. The van der Waals surface area contributed by atoms with Gasteiger partial charge in [-0.1, -0.05) is 6.07 Å². The zero-order valence-corrected chi connectivity index (χ0v) is 14.9. The van der Waals surface area contributed by atoms with Gasteiger partial charge in [0.1, 0.15) is 18.0 Å². The van der Waals surface area contributed by atoms with E-state index < -0.39 is 30.6 Å². The molecule has 0 unspecified atom stereocenters. The molecular formula is C16H18F3N3O5. The standard InChI is InChI=1S/C16H18F3N3O5/c1-20(7-10-4-5-11(26-2)6-12(10)27-3)9-22-14(24)13(23)21(15(22)25)8-16(17,18)19/h4-6H,7-9H2,1-3H3. The van der Waals surface area contributed by atoms with Crippen LogP contribution in [0.4, 0.5) is 18.0 Å². The summed E-state index contributed by atoms with van der Waals surface area (Å²) < 4.78 is 47.8. The van der Waals surface area contributed by atoms with Crippen molar-refractivity contribution in [1.29, 1.82) is 0 Å². The van der Waals surface area contributed by atoms with Gasteiger partial charge < -0.3 is 9.47 Å². The highest BCUT2D eigenvalue weighted by Gasteiger charge is 2.49. The molecule has 27 heavy (non-hydrogen) atoms. The second-order valence-electron chi connectivity index (χ2n) is 5.86. The van der Waals surface area contributed by atoms with Crippen LogP contribution in [0.5, 0.6) is 11.5 Å². The normalized spacial score (nSPS) is 15.1. The van der Waals surface area contributed by atoms with Crippen molar-refractivity contribution in [2.24, 2.45) is 0 Å². The van der Waals surface area contributed by atoms with Crippen molar-refractivity contribution in [1.82, 2.24) is 14.7 Å². The Hall–Kier alpha value is -2.82. The summed E-state index contributed by atoms with van der Waals surface area (Å²) in [5.41, 5.74) is 0.693. The molecule has 1 heterocycles. The lowest BCUT2D eigenvalue weighted by Gasteiger charge is -2.23. The molecule has 0 N–H and O–H groups in total. The molecular weight excluding hydrogens is 371 g/mol. The van der Waals surface area contributed by atoms with Gasteiger partial charge in [0, 0.05) is 18.2 Å². The highest BCUT2D eigenvalue weighted by Crippen LogP contribution is 2.26. The molecule has 1 aromatic carbocycles. The zero-order chi connectivity index (χ0) is 20.4. The van der Waals surface area contributed by atoms with Crippen molar-refractivity contribution in [3.63, 3.8) is 0 Å². The van der Waals surface area contributed by atoms with Crippen molar-refractivity contribution >= 4 is 17.8 Å². The summed E-state index contributed by atoms with van der Waals surface area (Å²) in [4.78, 5) is 37.5. The number of ether oxygens (including phenoxy) is 2. The Morgan fingerprint density at radius 2 is 1.67 bits per heavy atom. The Labute approximate surface area is 153 Å². The smallest absolute Gasteiger partial charge is 0.406 e. The molecule has 1 saturated heterocycles. The molecule has 0 radical (unpaired) electrons. The lowest BCUT2D eigenvalue weighted by Crippen LogP contribution is -2.42. The molecule has 1 aliphatic rings. The van der Waals surface area contributed by atoms with Crippen LogP contribution in [-0.2, 0) is 16.1 Å². The molecule has 0 aromatic heterocycles. The van der Waals surface area contributed by atoms with Crippen LogP contribution < -0.4 is 9.47 Å². The molecule has 0 aliphatic carbocycles. The van der Waals surface area contributed by atoms with Gasteiger partial charge in [0.15, 0.2) is 0 Å². The predicted octanol–water partition coefficient (Wildman–Crippen LogP) is 1.45. The van der Waals surface area contributed by atoms with Gasteiger partial charge >= 0.3 is 24.0 Å². The van der Waals surface area contributed by atoms with Gasteiger partial charge in [-0.05, 0) is 13.1 Å². The number of carbonyl (C=O) groups is 3. The summed E-state index contributed by atoms with van der Waals surface area (Å²) in [7, 11) is 4.50. The summed E-state index contributed by atoms with van der Waals surface area (Å²) in [5.74, 6) is -1.72. The monoisotopic (exact) mass is 389 g/mol. The number of alkyl halides is 3. The molecule has 2 rings (SSSR count). The maximum absolute atomic E-state index is 12.5. The lowest BCUT2D eigenvalue weighted by molar-refractivity contribution is -0.156. The number of rotatable bonds is 7. The average Bonchev–Trinajstić information content (AvgIpc) is 2.79. The first-order valence-electron chi connectivity index (χ1n) is 7.71. The van der Waals surface area contributed by atoms with Crippen molar-refractivity contribution in [2.75, 3.05) is 34.5 Å². The number of imide groups is 2. The maximum atomic E-state index is 12.5. The summed E-state index contributed by atoms with van der Waals surface area (Å²) in [5, 5.41) is 0. The Kier molecular flexibility index (Phi) is 5.94. The van der Waals surface area contributed by atoms with E-state index in [9.17, 15) is 27.6 Å². The van der Waals surface area contributed by atoms with E-state index in [1.807, 2.05) is 0 Å². The van der Waals surface area contributed by atoms with E-state index >= 15 is 0 Å². The van der Waals surface area contributed by atoms with E-state index in [1.54, 1.807) is 25.2 Å². The van der Waals surface area contributed by atoms with E-state index in [0.717, 1.165) is 0 Å². The third-order valence-electron chi connectivity index (χ3n) is 3.79. The van der Waals surface area contributed by atoms with E-state index in [1.165, 1.54) is 19.1 Å². The van der Waals surface area contributed by atoms with Gasteiger partial charge in [-0.2, -0.15) is 13.2 Å². The maximum Gasteiger partial charge on any atom is 0.406 e. The predicted molar refractivity (Wildman–Crippen MR) is 85.9 cm³/mol. The molecule has 11 heteroatoms. The van der Waals surface area contributed by atoms with E-state index in [-0.39, 0.29) is 18.1 Å². The van der Waals surface area contributed by atoms with Gasteiger partial charge in [0.2, 0.25) is 0 Å². The van der Waals surface area contributed by atoms with Gasteiger partial charge in [0.05, 0.1) is 20.9 Å². The largest absolute Gasteiger partial charge is 0.497 e. The average molecular weight is 389 g/mol. The molecule has 1 fully saturated rings. The van der Waals surface area contributed by atoms with Crippen molar-refractivity contribution < 1.29 is 37.0 Å². The molecule has 0 atom stereocenters. The van der Waals surface area contributed by atoms with Crippen LogP contribution in [0.15, 0.2) is 18.2 Å². The van der Waals surface area contributed by atoms with Gasteiger partial charge in [-0.15, -0.1) is 0 Å². The van der Waals surface area contributed by atoms with E-state index in [4.69, 9.17) is 9.47 Å². The van der Waals surface area contributed by atoms with Gasteiger partial charge in [-0.3, -0.25) is 14.5 Å². The number of halogens is 3. The molecule has 0 saturated carbocycles. The fraction of sp³-hybridized carbons (Fsp3) is 0.438. The van der Waals surface area contributed by atoms with Crippen LogP contribution in [0.1, 0.15) is 5.56 Å². The second-order valence-corrected chi connectivity index (χ2v) is 5.86. The lowest BCUT2D eigenvalue weighted by atomic mass is 10.2. The number of methoxy groups -OCH3 is 2. The minimum atomic E-state index is -4.79. The van der Waals surface area contributed by atoms with Crippen molar-refractivity contribution in [3.05, 3.63) is 23.8 Å². The van der Waals surface area contributed by atoms with Crippen LogP contribution in [0.2, 0.25) is 0 Å². The number of benzene rings is 1. The Morgan fingerprint density at radius 1 is 1.04 bits per heavy atom. The minimum Gasteiger partial charge on any atom is -0.497 e. The summed E-state index contributed by atoms with van der Waals surface area (Å²) in [6.07, 6.45) is -4.79. The first kappa shape index (κ1) is 20.5. The number of amides is 4. The van der Waals surface area contributed by atoms with Crippen LogP contribution in [-0.4, -0.2) is 73.2 Å².